The number of thiophene rings is 1. The van der Waals surface area contributed by atoms with E-state index in [-0.39, 0.29) is 5.91 Å². The van der Waals surface area contributed by atoms with Crippen molar-refractivity contribution in [3.8, 4) is 11.3 Å². The molecule has 0 bridgehead atoms. The van der Waals surface area contributed by atoms with Gasteiger partial charge in [-0.25, -0.2) is 9.97 Å². The molecule has 0 atom stereocenters. The number of nitrogens with zero attached hydrogens (tertiary/aromatic N) is 2. The van der Waals surface area contributed by atoms with Gasteiger partial charge in [-0.05, 0) is 25.0 Å². The fraction of sp³-hybridized carbons (Fsp3) is 0.235. The second-order valence-corrected chi connectivity index (χ2v) is 7.36. The summed E-state index contributed by atoms with van der Waals surface area (Å²) in [6.07, 6.45) is 2.24. The second-order valence-electron chi connectivity index (χ2n) is 5.93. The molecule has 6 nitrogen and oxygen atoms in total. The summed E-state index contributed by atoms with van der Waals surface area (Å²) in [5.41, 5.74) is 8.26. The lowest BCUT2D eigenvalue weighted by Gasteiger charge is -2.08. The molecular formula is C17H16ClN5OS. The molecule has 0 spiro atoms. The number of nitrogen functional groups attached to an aromatic ring is 1. The Labute approximate surface area is 153 Å². The Morgan fingerprint density at radius 2 is 2.00 bits per heavy atom. The molecule has 128 valence electrons. The van der Waals surface area contributed by atoms with Crippen molar-refractivity contribution in [2.75, 3.05) is 18.1 Å². The van der Waals surface area contributed by atoms with Crippen LogP contribution >= 0.6 is 22.9 Å². The average molecular weight is 374 g/mol. The van der Waals surface area contributed by atoms with Crippen molar-refractivity contribution in [3.05, 3.63) is 34.2 Å². The molecule has 4 rings (SSSR count). The van der Waals surface area contributed by atoms with Gasteiger partial charge in [-0.15, -0.1) is 11.3 Å². The molecule has 1 aliphatic rings. The molecule has 1 aliphatic carbocycles. The number of carbonyl (C=O) groups is 1. The number of halogens is 1. The Hall–Kier alpha value is -2.38. The predicted molar refractivity (Wildman–Crippen MR) is 102 cm³/mol. The molecule has 1 amide bonds. The van der Waals surface area contributed by atoms with Crippen molar-refractivity contribution < 1.29 is 4.79 Å². The first kappa shape index (κ1) is 16.1. The van der Waals surface area contributed by atoms with Crippen LogP contribution in [-0.4, -0.2) is 29.0 Å². The van der Waals surface area contributed by atoms with Crippen molar-refractivity contribution in [2.45, 2.75) is 18.9 Å². The molecule has 2 heterocycles. The van der Waals surface area contributed by atoms with Gasteiger partial charge in [0.2, 0.25) is 5.95 Å². The van der Waals surface area contributed by atoms with E-state index < -0.39 is 0 Å². The Morgan fingerprint density at radius 1 is 1.28 bits per heavy atom. The van der Waals surface area contributed by atoms with Gasteiger partial charge in [0.05, 0.1) is 16.8 Å². The standard InChI is InChI=1S/C17H16ClN5OS/c1-20-15(24)14-12(19)11-13(8-2-4-9(18)5-3-8)22-17(21-10-6-7-10)23-16(11)25-14/h2-5,10H,6-7,19H2,1H3,(H,20,24)(H,21,22,23). The van der Waals surface area contributed by atoms with E-state index in [1.165, 1.54) is 11.3 Å². The van der Waals surface area contributed by atoms with E-state index in [2.05, 4.69) is 20.6 Å². The lowest BCUT2D eigenvalue weighted by atomic mass is 10.1. The molecule has 25 heavy (non-hydrogen) atoms. The van der Waals surface area contributed by atoms with Gasteiger partial charge >= 0.3 is 0 Å². The van der Waals surface area contributed by atoms with Crippen LogP contribution in [0.4, 0.5) is 11.6 Å². The maximum Gasteiger partial charge on any atom is 0.263 e. The molecule has 0 radical (unpaired) electrons. The monoisotopic (exact) mass is 373 g/mol. The van der Waals surface area contributed by atoms with Gasteiger partial charge in [-0.3, -0.25) is 4.79 Å². The van der Waals surface area contributed by atoms with Crippen molar-refractivity contribution in [2.24, 2.45) is 0 Å². The highest BCUT2D eigenvalue weighted by molar-refractivity contribution is 7.21. The number of nitrogens with two attached hydrogens (primary N) is 1. The van der Waals surface area contributed by atoms with E-state index in [9.17, 15) is 4.79 Å². The quantitative estimate of drug-likeness (QED) is 0.650. The maximum atomic E-state index is 12.1. The Bertz CT molecular complexity index is 965. The van der Waals surface area contributed by atoms with Crippen LogP contribution in [0.1, 0.15) is 22.5 Å². The highest BCUT2D eigenvalue weighted by Gasteiger charge is 2.25. The van der Waals surface area contributed by atoms with Gasteiger partial charge < -0.3 is 16.4 Å². The van der Waals surface area contributed by atoms with Crippen LogP contribution < -0.4 is 16.4 Å². The first-order valence-corrected chi connectivity index (χ1v) is 9.11. The molecule has 0 aliphatic heterocycles. The first-order valence-electron chi connectivity index (χ1n) is 7.91. The first-order chi connectivity index (χ1) is 12.1. The summed E-state index contributed by atoms with van der Waals surface area (Å²) in [6, 6.07) is 7.82. The Morgan fingerprint density at radius 3 is 2.64 bits per heavy atom. The summed E-state index contributed by atoms with van der Waals surface area (Å²) in [4.78, 5) is 22.5. The van der Waals surface area contributed by atoms with Crippen molar-refractivity contribution in [3.63, 3.8) is 0 Å². The summed E-state index contributed by atoms with van der Waals surface area (Å²) in [7, 11) is 1.58. The average Bonchev–Trinajstić information content (AvgIpc) is 3.36. The van der Waals surface area contributed by atoms with E-state index in [1.807, 2.05) is 12.1 Å². The highest BCUT2D eigenvalue weighted by atomic mass is 35.5. The Balaban J connectivity index is 1.94. The van der Waals surface area contributed by atoms with Crippen LogP contribution in [0.25, 0.3) is 21.5 Å². The lowest BCUT2D eigenvalue weighted by Crippen LogP contribution is -2.17. The number of hydrogen-bond acceptors (Lipinski definition) is 6. The summed E-state index contributed by atoms with van der Waals surface area (Å²) in [5, 5.41) is 7.28. The number of rotatable bonds is 4. The van der Waals surface area contributed by atoms with Gasteiger partial charge in [0.15, 0.2) is 0 Å². The molecule has 0 unspecified atom stereocenters. The summed E-state index contributed by atoms with van der Waals surface area (Å²) >= 11 is 7.28. The largest absolute Gasteiger partial charge is 0.397 e. The van der Waals surface area contributed by atoms with Crippen molar-refractivity contribution in [1.82, 2.24) is 15.3 Å². The number of amides is 1. The molecule has 2 aromatic heterocycles. The van der Waals surface area contributed by atoms with Crippen LogP contribution in [-0.2, 0) is 0 Å². The fourth-order valence-electron chi connectivity index (χ4n) is 2.60. The van der Waals surface area contributed by atoms with Gasteiger partial charge in [0, 0.05) is 23.7 Å². The van der Waals surface area contributed by atoms with Crippen LogP contribution in [0, 0.1) is 0 Å². The number of anilines is 2. The molecule has 4 N–H and O–H groups in total. The van der Waals surface area contributed by atoms with E-state index in [1.54, 1.807) is 19.2 Å². The zero-order valence-corrected chi connectivity index (χ0v) is 15.0. The number of aromatic nitrogens is 2. The third-order valence-electron chi connectivity index (χ3n) is 4.05. The van der Waals surface area contributed by atoms with Crippen LogP contribution in [0.3, 0.4) is 0 Å². The van der Waals surface area contributed by atoms with E-state index >= 15 is 0 Å². The van der Waals surface area contributed by atoms with Crippen molar-refractivity contribution >= 4 is 50.7 Å². The third-order valence-corrected chi connectivity index (χ3v) is 5.40. The maximum absolute atomic E-state index is 12.1. The Kier molecular flexibility index (Phi) is 3.97. The summed E-state index contributed by atoms with van der Waals surface area (Å²) < 4.78 is 0. The third kappa shape index (κ3) is 3.01. The molecule has 1 saturated carbocycles. The fourth-order valence-corrected chi connectivity index (χ4v) is 3.76. The van der Waals surface area contributed by atoms with Gasteiger partial charge in [-0.2, -0.15) is 0 Å². The van der Waals surface area contributed by atoms with Gasteiger partial charge in [0.25, 0.3) is 5.91 Å². The molecule has 8 heteroatoms. The minimum atomic E-state index is -0.223. The summed E-state index contributed by atoms with van der Waals surface area (Å²) in [5.74, 6) is 0.337. The van der Waals surface area contributed by atoms with Crippen LogP contribution in [0.2, 0.25) is 5.02 Å². The van der Waals surface area contributed by atoms with E-state index in [4.69, 9.17) is 17.3 Å². The zero-order valence-electron chi connectivity index (χ0n) is 13.5. The van der Waals surface area contributed by atoms with E-state index in [0.29, 0.717) is 43.5 Å². The minimum Gasteiger partial charge on any atom is -0.397 e. The number of fused-ring (bicyclic) bond motifs is 1. The minimum absolute atomic E-state index is 0.223. The van der Waals surface area contributed by atoms with Crippen molar-refractivity contribution in [1.29, 1.82) is 0 Å². The smallest absolute Gasteiger partial charge is 0.263 e. The normalized spacial score (nSPS) is 13.8. The molecule has 1 fully saturated rings. The topological polar surface area (TPSA) is 92.9 Å². The predicted octanol–water partition coefficient (Wildman–Crippen LogP) is 3.53. The SMILES string of the molecule is CNC(=O)c1sc2nc(NC3CC3)nc(-c3ccc(Cl)cc3)c2c1N. The molecule has 3 aromatic rings. The second kappa shape index (κ2) is 6.16. The highest BCUT2D eigenvalue weighted by Crippen LogP contribution is 2.39. The molecule has 0 saturated heterocycles. The number of nitrogens with one attached hydrogen (secondary N) is 2. The van der Waals surface area contributed by atoms with Gasteiger partial charge in [-0.1, -0.05) is 23.7 Å². The summed E-state index contributed by atoms with van der Waals surface area (Å²) in [6.45, 7) is 0. The lowest BCUT2D eigenvalue weighted by molar-refractivity contribution is 0.0968. The van der Waals surface area contributed by atoms with Crippen LogP contribution in [0.5, 0.6) is 0 Å². The number of hydrogen-bond donors (Lipinski definition) is 3. The van der Waals surface area contributed by atoms with E-state index in [0.717, 1.165) is 18.4 Å². The van der Waals surface area contributed by atoms with Gasteiger partial charge in [0.1, 0.15) is 9.71 Å². The van der Waals surface area contributed by atoms with Crippen LogP contribution in [0.15, 0.2) is 24.3 Å². The number of carbonyl (C=O) groups excluding carboxylic acids is 1. The molecule has 1 aromatic carbocycles. The molecular weight excluding hydrogens is 358 g/mol. The zero-order chi connectivity index (χ0) is 17.6. The number of benzene rings is 1.